The molecule has 0 bridgehead atoms. The van der Waals surface area contributed by atoms with Crippen LogP contribution in [0.5, 0.6) is 5.88 Å². The lowest BCUT2D eigenvalue weighted by Gasteiger charge is -2.14. The predicted octanol–water partition coefficient (Wildman–Crippen LogP) is 1.36. The van der Waals surface area contributed by atoms with Crippen molar-refractivity contribution in [3.63, 3.8) is 0 Å². The van der Waals surface area contributed by atoms with E-state index < -0.39 is 0 Å². The average Bonchev–Trinajstić information content (AvgIpc) is 2.83. The van der Waals surface area contributed by atoms with Crippen LogP contribution < -0.4 is 4.74 Å². The number of aromatic nitrogens is 1. The molecule has 6 heteroatoms. The zero-order valence-corrected chi connectivity index (χ0v) is 9.58. The Bertz CT molecular complexity index is 374. The summed E-state index contributed by atoms with van der Waals surface area (Å²) in [6, 6.07) is 3.03. The molecule has 1 fully saturated rings. The van der Waals surface area contributed by atoms with E-state index in [0.717, 1.165) is 19.6 Å². The largest absolute Gasteiger partial charge is 0.476 e. The van der Waals surface area contributed by atoms with Gasteiger partial charge in [-0.1, -0.05) is 0 Å². The van der Waals surface area contributed by atoms with Crippen molar-refractivity contribution in [2.24, 2.45) is 0 Å². The quantitative estimate of drug-likeness (QED) is 0.784. The van der Waals surface area contributed by atoms with Gasteiger partial charge >= 0.3 is 5.69 Å². The van der Waals surface area contributed by atoms with Gasteiger partial charge in [-0.15, -0.1) is 0 Å². The molecule has 0 radical (unpaired) electrons. The summed E-state index contributed by atoms with van der Waals surface area (Å²) in [5.74, 6) is 0.467. The number of hydrogen-bond donors (Lipinski definition) is 1. The lowest BCUT2D eigenvalue weighted by molar-refractivity contribution is -0.729. The summed E-state index contributed by atoms with van der Waals surface area (Å²) in [5, 5.41) is 8.62. The third kappa shape index (κ3) is 3.39. The molecule has 2 rings (SSSR count). The summed E-state index contributed by atoms with van der Waals surface area (Å²) >= 11 is 0. The van der Waals surface area contributed by atoms with E-state index in [4.69, 9.17) is 9.94 Å². The number of ether oxygens (including phenoxy) is 1. The summed E-state index contributed by atoms with van der Waals surface area (Å²) in [5.41, 5.74) is 0.0943. The summed E-state index contributed by atoms with van der Waals surface area (Å²) in [6.45, 7) is 3.78. The van der Waals surface area contributed by atoms with Gasteiger partial charge in [0.15, 0.2) is 0 Å². The van der Waals surface area contributed by atoms with Crippen molar-refractivity contribution in [1.82, 2.24) is 9.88 Å². The van der Waals surface area contributed by atoms with E-state index in [-0.39, 0.29) is 10.6 Å². The van der Waals surface area contributed by atoms with Gasteiger partial charge in [0.2, 0.25) is 5.88 Å². The molecule has 2 heterocycles. The Labute approximate surface area is 99.4 Å². The molecular formula is C11H16N3O3+. The minimum atomic E-state index is -0.221. The normalized spacial score (nSPS) is 16.0. The lowest BCUT2D eigenvalue weighted by atomic mass is 10.4. The van der Waals surface area contributed by atoms with Crippen molar-refractivity contribution in [2.75, 3.05) is 26.2 Å². The van der Waals surface area contributed by atoms with Gasteiger partial charge in [0.1, 0.15) is 12.8 Å². The van der Waals surface area contributed by atoms with Crippen LogP contribution in [0, 0.1) is 4.91 Å². The van der Waals surface area contributed by atoms with Crippen LogP contribution >= 0.6 is 0 Å². The minimum absolute atomic E-state index is 0.0943. The van der Waals surface area contributed by atoms with Crippen LogP contribution in [0.25, 0.3) is 0 Å². The Morgan fingerprint density at radius 1 is 1.41 bits per heavy atom. The number of rotatable bonds is 5. The first-order valence-corrected chi connectivity index (χ1v) is 5.73. The van der Waals surface area contributed by atoms with Gasteiger partial charge in [-0.2, -0.15) is 0 Å². The number of hydrogen-bond acceptors (Lipinski definition) is 4. The first kappa shape index (κ1) is 11.8. The van der Waals surface area contributed by atoms with Crippen molar-refractivity contribution in [3.8, 4) is 5.88 Å². The molecule has 0 atom stereocenters. The SMILES string of the molecule is O=[N+](O)c1ccc(OCCN2CCCC2)nc1. The maximum atomic E-state index is 10.5. The molecule has 1 aliphatic heterocycles. The fourth-order valence-electron chi connectivity index (χ4n) is 1.86. The zero-order chi connectivity index (χ0) is 12.1. The smallest absolute Gasteiger partial charge is 0.334 e. The second kappa shape index (κ2) is 5.58. The number of nitrogens with zero attached hydrogens (tertiary/aromatic N) is 3. The Kier molecular flexibility index (Phi) is 3.87. The van der Waals surface area contributed by atoms with Crippen molar-refractivity contribution >= 4 is 5.69 Å². The van der Waals surface area contributed by atoms with Crippen LogP contribution in [-0.2, 0) is 0 Å². The molecule has 0 amide bonds. The van der Waals surface area contributed by atoms with E-state index in [1.165, 1.54) is 25.1 Å². The van der Waals surface area contributed by atoms with E-state index in [9.17, 15) is 4.91 Å². The summed E-state index contributed by atoms with van der Waals surface area (Å²) in [4.78, 5) is 16.6. The summed E-state index contributed by atoms with van der Waals surface area (Å²) < 4.78 is 5.45. The highest BCUT2D eigenvalue weighted by molar-refractivity contribution is 5.28. The molecule has 92 valence electrons. The van der Waals surface area contributed by atoms with E-state index in [1.807, 2.05) is 0 Å². The average molecular weight is 238 g/mol. The molecule has 1 aromatic rings. The molecule has 0 aliphatic carbocycles. The van der Waals surface area contributed by atoms with Crippen LogP contribution in [0.15, 0.2) is 18.3 Å². The van der Waals surface area contributed by atoms with Crippen molar-refractivity contribution < 1.29 is 14.9 Å². The maximum Gasteiger partial charge on any atom is 0.334 e. The van der Waals surface area contributed by atoms with Crippen LogP contribution in [-0.4, -0.2) is 46.3 Å². The monoisotopic (exact) mass is 238 g/mol. The zero-order valence-electron chi connectivity index (χ0n) is 9.58. The minimum Gasteiger partial charge on any atom is -0.476 e. The Morgan fingerprint density at radius 2 is 2.18 bits per heavy atom. The molecule has 0 unspecified atom stereocenters. The van der Waals surface area contributed by atoms with Crippen LogP contribution in [0.1, 0.15) is 12.8 Å². The van der Waals surface area contributed by atoms with Gasteiger partial charge in [0.25, 0.3) is 4.92 Å². The third-order valence-corrected chi connectivity index (χ3v) is 2.80. The molecule has 0 aromatic carbocycles. The van der Waals surface area contributed by atoms with Crippen molar-refractivity contribution in [1.29, 1.82) is 0 Å². The molecule has 1 aromatic heterocycles. The van der Waals surface area contributed by atoms with Gasteiger partial charge < -0.3 is 4.74 Å². The Morgan fingerprint density at radius 3 is 2.76 bits per heavy atom. The molecule has 1 saturated heterocycles. The van der Waals surface area contributed by atoms with E-state index in [2.05, 4.69) is 9.88 Å². The van der Waals surface area contributed by atoms with E-state index in [1.54, 1.807) is 6.07 Å². The second-order valence-electron chi connectivity index (χ2n) is 4.02. The van der Waals surface area contributed by atoms with E-state index in [0.29, 0.717) is 12.5 Å². The van der Waals surface area contributed by atoms with Crippen LogP contribution in [0.2, 0.25) is 0 Å². The van der Waals surface area contributed by atoms with Crippen molar-refractivity contribution in [2.45, 2.75) is 12.8 Å². The number of likely N-dealkylation sites (tertiary alicyclic amines) is 1. The topological polar surface area (TPSA) is 65.7 Å². The van der Waals surface area contributed by atoms with Crippen molar-refractivity contribution in [3.05, 3.63) is 23.2 Å². The fourth-order valence-corrected chi connectivity index (χ4v) is 1.86. The summed E-state index contributed by atoms with van der Waals surface area (Å²) in [7, 11) is 0. The standard InChI is InChI=1S/C11H16N3O3/c15-14(16)10-3-4-11(12-9-10)17-8-7-13-5-1-2-6-13/h3-4,9H,1-2,5-8H2,(H,15,16)/q+1. The highest BCUT2D eigenvalue weighted by Gasteiger charge is 2.13. The first-order valence-electron chi connectivity index (χ1n) is 5.73. The first-order chi connectivity index (χ1) is 8.25. The van der Waals surface area contributed by atoms with Gasteiger partial charge in [-0.25, -0.2) is 10.2 Å². The predicted molar refractivity (Wildman–Crippen MR) is 60.5 cm³/mol. The Balaban J connectivity index is 1.76. The lowest BCUT2D eigenvalue weighted by Crippen LogP contribution is -2.25. The molecule has 6 nitrogen and oxygen atoms in total. The van der Waals surface area contributed by atoms with Crippen LogP contribution in [0.4, 0.5) is 5.69 Å². The molecule has 1 N–H and O–H groups in total. The fraction of sp³-hybridized carbons (Fsp3) is 0.545. The molecule has 1 aliphatic rings. The second-order valence-corrected chi connectivity index (χ2v) is 4.02. The third-order valence-electron chi connectivity index (χ3n) is 2.80. The van der Waals surface area contributed by atoms with Gasteiger partial charge in [-0.3, -0.25) is 4.90 Å². The molecule has 0 saturated carbocycles. The molecule has 0 spiro atoms. The van der Waals surface area contributed by atoms with Gasteiger partial charge in [0.05, 0.1) is 4.91 Å². The van der Waals surface area contributed by atoms with Gasteiger partial charge in [0, 0.05) is 18.7 Å². The maximum absolute atomic E-state index is 10.5. The van der Waals surface area contributed by atoms with Crippen LogP contribution in [0.3, 0.4) is 0 Å². The van der Waals surface area contributed by atoms with Gasteiger partial charge in [-0.05, 0) is 25.9 Å². The highest BCUT2D eigenvalue weighted by Crippen LogP contribution is 2.13. The Hall–Kier alpha value is -1.69. The van der Waals surface area contributed by atoms with E-state index >= 15 is 0 Å². The molecule has 17 heavy (non-hydrogen) atoms. The molecular weight excluding hydrogens is 222 g/mol. The highest BCUT2D eigenvalue weighted by atomic mass is 16.6. The summed E-state index contributed by atoms with van der Waals surface area (Å²) in [6.07, 6.45) is 3.81. The number of pyridine rings is 1.